The molecule has 1 saturated heterocycles. The van der Waals surface area contributed by atoms with Crippen LogP contribution < -0.4 is 5.32 Å². The van der Waals surface area contributed by atoms with Gasteiger partial charge >= 0.3 is 6.09 Å². The minimum absolute atomic E-state index is 0.169. The number of anilines is 1. The Morgan fingerprint density at radius 1 is 1.17 bits per heavy atom. The lowest BCUT2D eigenvalue weighted by Gasteiger charge is -2.39. The maximum absolute atomic E-state index is 12.3. The molecule has 4 heteroatoms. The van der Waals surface area contributed by atoms with Gasteiger partial charge in [0.15, 0.2) is 0 Å². The van der Waals surface area contributed by atoms with Crippen LogP contribution in [0.25, 0.3) is 0 Å². The third kappa shape index (κ3) is 2.66. The SMILES string of the molecule is CC(C)(C)OC(=O)N1CCC2(CC1)CNc1cc3c(cc12)CCC3. The second kappa shape index (κ2) is 5.40. The van der Waals surface area contributed by atoms with E-state index in [0.717, 1.165) is 32.5 Å². The van der Waals surface area contributed by atoms with Crippen molar-refractivity contribution >= 4 is 11.8 Å². The van der Waals surface area contributed by atoms with E-state index in [1.54, 1.807) is 5.56 Å². The van der Waals surface area contributed by atoms with Gasteiger partial charge in [-0.15, -0.1) is 0 Å². The molecule has 0 radical (unpaired) electrons. The Bertz CT molecular complexity index is 667. The first-order valence-corrected chi connectivity index (χ1v) is 9.24. The molecule has 4 nitrogen and oxygen atoms in total. The zero-order valence-corrected chi connectivity index (χ0v) is 15.1. The number of likely N-dealkylation sites (tertiary alicyclic amines) is 1. The second-order valence-corrected chi connectivity index (χ2v) is 8.62. The number of ether oxygens (including phenoxy) is 1. The number of benzene rings is 1. The molecule has 3 aliphatic rings. The molecule has 1 aromatic carbocycles. The van der Waals surface area contributed by atoms with Crippen LogP contribution in [0.1, 0.15) is 56.7 Å². The molecular formula is C20H28N2O2. The van der Waals surface area contributed by atoms with Crippen LogP contribution in [-0.2, 0) is 23.0 Å². The van der Waals surface area contributed by atoms with Crippen LogP contribution in [0.4, 0.5) is 10.5 Å². The number of piperidine rings is 1. The van der Waals surface area contributed by atoms with Gasteiger partial charge in [0.1, 0.15) is 5.60 Å². The molecule has 1 amide bonds. The molecule has 1 fully saturated rings. The van der Waals surface area contributed by atoms with Crippen molar-refractivity contribution in [2.45, 2.75) is 63.9 Å². The van der Waals surface area contributed by atoms with E-state index in [4.69, 9.17) is 4.74 Å². The highest BCUT2D eigenvalue weighted by Crippen LogP contribution is 2.46. The Kier molecular flexibility index (Phi) is 3.55. The van der Waals surface area contributed by atoms with E-state index in [2.05, 4.69) is 17.4 Å². The summed E-state index contributed by atoms with van der Waals surface area (Å²) in [4.78, 5) is 14.2. The first kappa shape index (κ1) is 15.8. The molecular weight excluding hydrogens is 300 g/mol. The van der Waals surface area contributed by atoms with Crippen molar-refractivity contribution in [1.82, 2.24) is 4.90 Å². The molecule has 1 aromatic rings. The number of fused-ring (bicyclic) bond motifs is 3. The normalized spacial score (nSPS) is 21.4. The van der Waals surface area contributed by atoms with Crippen molar-refractivity contribution < 1.29 is 9.53 Å². The lowest BCUT2D eigenvalue weighted by Crippen LogP contribution is -2.47. The van der Waals surface area contributed by atoms with E-state index in [-0.39, 0.29) is 11.5 Å². The van der Waals surface area contributed by atoms with Gasteiger partial charge in [0.2, 0.25) is 0 Å². The summed E-state index contributed by atoms with van der Waals surface area (Å²) in [5.41, 5.74) is 5.68. The molecule has 24 heavy (non-hydrogen) atoms. The number of nitrogens with one attached hydrogen (secondary N) is 1. The first-order valence-electron chi connectivity index (χ1n) is 9.24. The summed E-state index contributed by atoms with van der Waals surface area (Å²) in [6.07, 6.45) is 5.61. The van der Waals surface area contributed by atoms with Gasteiger partial charge in [0, 0.05) is 30.7 Å². The zero-order chi connectivity index (χ0) is 16.9. The molecule has 1 aliphatic carbocycles. The lowest BCUT2D eigenvalue weighted by atomic mass is 9.74. The van der Waals surface area contributed by atoms with E-state index >= 15 is 0 Å². The third-order valence-electron chi connectivity index (χ3n) is 5.79. The van der Waals surface area contributed by atoms with Gasteiger partial charge in [-0.05, 0) is 75.6 Å². The lowest BCUT2D eigenvalue weighted by molar-refractivity contribution is 0.0172. The first-order chi connectivity index (χ1) is 11.4. The highest BCUT2D eigenvalue weighted by Gasteiger charge is 2.43. The summed E-state index contributed by atoms with van der Waals surface area (Å²) in [5.74, 6) is 0. The van der Waals surface area contributed by atoms with Crippen molar-refractivity contribution in [2.24, 2.45) is 0 Å². The number of hydrogen-bond donors (Lipinski definition) is 1. The molecule has 2 aliphatic heterocycles. The van der Waals surface area contributed by atoms with Crippen LogP contribution >= 0.6 is 0 Å². The van der Waals surface area contributed by atoms with Gasteiger partial charge in [-0.2, -0.15) is 0 Å². The topological polar surface area (TPSA) is 41.6 Å². The van der Waals surface area contributed by atoms with E-state index in [0.29, 0.717) is 0 Å². The van der Waals surface area contributed by atoms with Crippen LogP contribution in [0.2, 0.25) is 0 Å². The monoisotopic (exact) mass is 328 g/mol. The van der Waals surface area contributed by atoms with E-state index in [9.17, 15) is 4.79 Å². The summed E-state index contributed by atoms with van der Waals surface area (Å²) in [7, 11) is 0. The summed E-state index contributed by atoms with van der Waals surface area (Å²) in [6.45, 7) is 8.35. The minimum atomic E-state index is -0.422. The fraction of sp³-hybridized carbons (Fsp3) is 0.650. The quantitative estimate of drug-likeness (QED) is 0.786. The van der Waals surface area contributed by atoms with Crippen molar-refractivity contribution in [3.63, 3.8) is 0 Å². The van der Waals surface area contributed by atoms with Crippen molar-refractivity contribution in [2.75, 3.05) is 25.0 Å². The summed E-state index contributed by atoms with van der Waals surface area (Å²) in [6, 6.07) is 4.84. The molecule has 0 aromatic heterocycles. The van der Waals surface area contributed by atoms with Gasteiger partial charge in [-0.1, -0.05) is 6.07 Å². The minimum Gasteiger partial charge on any atom is -0.444 e. The number of aryl methyl sites for hydroxylation is 2. The van der Waals surface area contributed by atoms with Crippen LogP contribution in [0.5, 0.6) is 0 Å². The number of amides is 1. The second-order valence-electron chi connectivity index (χ2n) is 8.62. The Morgan fingerprint density at radius 3 is 2.50 bits per heavy atom. The highest BCUT2D eigenvalue weighted by molar-refractivity contribution is 5.69. The molecule has 2 heterocycles. The molecule has 0 bridgehead atoms. The molecule has 0 unspecified atom stereocenters. The third-order valence-corrected chi connectivity index (χ3v) is 5.79. The largest absolute Gasteiger partial charge is 0.444 e. The number of rotatable bonds is 0. The van der Waals surface area contributed by atoms with Gasteiger partial charge in [0.05, 0.1) is 0 Å². The smallest absolute Gasteiger partial charge is 0.410 e. The summed E-state index contributed by atoms with van der Waals surface area (Å²) < 4.78 is 5.53. The maximum atomic E-state index is 12.3. The van der Waals surface area contributed by atoms with Gasteiger partial charge in [0.25, 0.3) is 0 Å². The Hall–Kier alpha value is -1.71. The van der Waals surface area contributed by atoms with Crippen molar-refractivity contribution in [1.29, 1.82) is 0 Å². The van der Waals surface area contributed by atoms with E-state index in [1.807, 2.05) is 25.7 Å². The number of hydrogen-bond acceptors (Lipinski definition) is 3. The Balaban J connectivity index is 1.50. The fourth-order valence-corrected chi connectivity index (χ4v) is 4.46. The van der Waals surface area contributed by atoms with Gasteiger partial charge in [-0.3, -0.25) is 0 Å². The average molecular weight is 328 g/mol. The highest BCUT2D eigenvalue weighted by atomic mass is 16.6. The Morgan fingerprint density at radius 2 is 1.83 bits per heavy atom. The molecule has 4 rings (SSSR count). The van der Waals surface area contributed by atoms with E-state index < -0.39 is 5.60 Å². The van der Waals surface area contributed by atoms with Crippen molar-refractivity contribution in [3.8, 4) is 0 Å². The van der Waals surface area contributed by atoms with Crippen LogP contribution in [-0.4, -0.2) is 36.2 Å². The molecule has 1 spiro atoms. The number of carbonyl (C=O) groups is 1. The molecule has 0 atom stereocenters. The fourth-order valence-electron chi connectivity index (χ4n) is 4.46. The predicted octanol–water partition coefficient (Wildman–Crippen LogP) is 3.87. The van der Waals surface area contributed by atoms with Crippen LogP contribution in [0, 0.1) is 0 Å². The zero-order valence-electron chi connectivity index (χ0n) is 15.1. The molecule has 1 N–H and O–H groups in total. The maximum Gasteiger partial charge on any atom is 0.410 e. The summed E-state index contributed by atoms with van der Waals surface area (Å²) >= 11 is 0. The predicted molar refractivity (Wildman–Crippen MR) is 95.7 cm³/mol. The average Bonchev–Trinajstić information content (AvgIpc) is 3.10. The van der Waals surface area contributed by atoms with E-state index in [1.165, 1.54) is 36.1 Å². The van der Waals surface area contributed by atoms with Gasteiger partial charge < -0.3 is 15.0 Å². The van der Waals surface area contributed by atoms with Crippen molar-refractivity contribution in [3.05, 3.63) is 28.8 Å². The van der Waals surface area contributed by atoms with Gasteiger partial charge in [-0.25, -0.2) is 4.79 Å². The Labute approximate surface area is 144 Å². The standard InChI is InChI=1S/C20H28N2O2/c1-19(2,3)24-18(23)22-9-7-20(8-10-22)13-21-17-12-15-6-4-5-14(15)11-16(17)20/h11-12,21H,4-10,13H2,1-3H3. The number of carbonyl (C=O) groups excluding carboxylic acids is 1. The molecule has 0 saturated carbocycles. The number of nitrogens with zero attached hydrogens (tertiary/aromatic N) is 1. The summed E-state index contributed by atoms with van der Waals surface area (Å²) in [5, 5.41) is 3.64. The molecule has 130 valence electrons. The van der Waals surface area contributed by atoms with Crippen LogP contribution in [0.15, 0.2) is 12.1 Å². The van der Waals surface area contributed by atoms with Crippen LogP contribution in [0.3, 0.4) is 0 Å².